The number of benzene rings is 1. The van der Waals surface area contributed by atoms with E-state index in [0.717, 1.165) is 11.3 Å². The summed E-state index contributed by atoms with van der Waals surface area (Å²) in [6, 6.07) is 6.90. The van der Waals surface area contributed by atoms with Gasteiger partial charge in [-0.25, -0.2) is 0 Å². The van der Waals surface area contributed by atoms with E-state index in [1.165, 1.54) is 6.92 Å². The van der Waals surface area contributed by atoms with Crippen molar-refractivity contribution in [3.05, 3.63) is 34.4 Å². The Balaban J connectivity index is 1.55. The van der Waals surface area contributed by atoms with Gasteiger partial charge in [-0.3, -0.25) is 14.9 Å². The highest BCUT2D eigenvalue weighted by Crippen LogP contribution is 2.74. The normalized spacial score (nSPS) is 38.3. The number of nitro benzene ring substituents is 1. The molecular formula is C15H15NO4S. The second-order valence-corrected chi connectivity index (χ2v) is 7.32. The molecule has 5 nitrogen and oxygen atoms in total. The molecule has 0 radical (unpaired) electrons. The van der Waals surface area contributed by atoms with Gasteiger partial charge in [0.05, 0.1) is 9.82 Å². The molecule has 5 rings (SSSR count). The second kappa shape index (κ2) is 4.47. The van der Waals surface area contributed by atoms with E-state index in [0.29, 0.717) is 28.9 Å². The molecule has 1 aromatic carbocycles. The number of nitro groups is 1. The van der Waals surface area contributed by atoms with Crippen molar-refractivity contribution in [2.45, 2.75) is 29.6 Å². The minimum atomic E-state index is -0.324. The first-order valence-electron chi connectivity index (χ1n) is 7.15. The molecule has 0 N–H and O–H groups in total. The van der Waals surface area contributed by atoms with Gasteiger partial charge in [-0.05, 0) is 24.3 Å². The van der Waals surface area contributed by atoms with E-state index in [9.17, 15) is 14.9 Å². The Hall–Kier alpha value is -1.56. The third-order valence-electron chi connectivity index (χ3n) is 5.07. The molecule has 6 atom stereocenters. The van der Waals surface area contributed by atoms with Crippen molar-refractivity contribution in [3.63, 3.8) is 0 Å². The third kappa shape index (κ3) is 1.88. The molecule has 21 heavy (non-hydrogen) atoms. The van der Waals surface area contributed by atoms with E-state index in [4.69, 9.17) is 4.74 Å². The van der Waals surface area contributed by atoms with Crippen LogP contribution in [0.2, 0.25) is 0 Å². The fraction of sp³-hybridized carbons (Fsp3) is 0.533. The molecule has 110 valence electrons. The van der Waals surface area contributed by atoms with Gasteiger partial charge in [0.1, 0.15) is 6.10 Å². The molecule has 6 heteroatoms. The van der Waals surface area contributed by atoms with Gasteiger partial charge in [0.25, 0.3) is 5.69 Å². The monoisotopic (exact) mass is 305 g/mol. The summed E-state index contributed by atoms with van der Waals surface area (Å²) in [5.41, 5.74) is 0.174. The van der Waals surface area contributed by atoms with Crippen molar-refractivity contribution in [1.82, 2.24) is 0 Å². The van der Waals surface area contributed by atoms with Crippen LogP contribution in [-0.2, 0) is 9.53 Å². The molecule has 0 aliphatic heterocycles. The van der Waals surface area contributed by atoms with Gasteiger partial charge in [0.2, 0.25) is 0 Å². The average Bonchev–Trinajstić information content (AvgIpc) is 2.70. The van der Waals surface area contributed by atoms with Crippen LogP contribution in [0.15, 0.2) is 29.2 Å². The third-order valence-corrected chi connectivity index (χ3v) is 6.60. The highest BCUT2D eigenvalue weighted by atomic mass is 32.2. The van der Waals surface area contributed by atoms with Gasteiger partial charge >= 0.3 is 5.97 Å². The Kier molecular flexibility index (Phi) is 2.79. The number of hydrogen-bond donors (Lipinski definition) is 0. The number of hydrogen-bond acceptors (Lipinski definition) is 5. The number of carbonyl (C=O) groups is 1. The number of ether oxygens (including phenoxy) is 1. The van der Waals surface area contributed by atoms with Crippen LogP contribution in [0.1, 0.15) is 13.3 Å². The van der Waals surface area contributed by atoms with Crippen molar-refractivity contribution in [3.8, 4) is 0 Å². The lowest BCUT2D eigenvalue weighted by Crippen LogP contribution is -2.23. The summed E-state index contributed by atoms with van der Waals surface area (Å²) < 4.78 is 5.48. The summed E-state index contributed by atoms with van der Waals surface area (Å²) in [6.45, 7) is 1.46. The van der Waals surface area contributed by atoms with Crippen LogP contribution in [0.5, 0.6) is 0 Å². The van der Waals surface area contributed by atoms with Crippen LogP contribution < -0.4 is 0 Å². The van der Waals surface area contributed by atoms with E-state index in [1.807, 2.05) is 12.1 Å². The van der Waals surface area contributed by atoms with Crippen molar-refractivity contribution in [2.75, 3.05) is 0 Å². The van der Waals surface area contributed by atoms with Crippen LogP contribution in [0.25, 0.3) is 0 Å². The van der Waals surface area contributed by atoms with Gasteiger partial charge in [0.15, 0.2) is 0 Å². The number of nitrogens with zero attached hydrogens (tertiary/aromatic N) is 1. The van der Waals surface area contributed by atoms with Gasteiger partial charge in [-0.1, -0.05) is 12.1 Å². The summed E-state index contributed by atoms with van der Waals surface area (Å²) in [5, 5.41) is 11.5. The predicted molar refractivity (Wildman–Crippen MR) is 76.9 cm³/mol. The SMILES string of the molecule is CC(=O)OC1C2CC3C1C3C2Sc1ccccc1[N+](=O)[O-]. The highest BCUT2D eigenvalue weighted by Gasteiger charge is 2.75. The first kappa shape index (κ1) is 13.1. The van der Waals surface area contributed by atoms with Gasteiger partial charge in [0, 0.05) is 30.1 Å². The van der Waals surface area contributed by atoms with Gasteiger partial charge < -0.3 is 4.74 Å². The van der Waals surface area contributed by atoms with E-state index in [2.05, 4.69) is 0 Å². The Morgan fingerprint density at radius 1 is 1.33 bits per heavy atom. The number of esters is 1. The van der Waals surface area contributed by atoms with Crippen molar-refractivity contribution in [2.24, 2.45) is 23.7 Å². The van der Waals surface area contributed by atoms with E-state index >= 15 is 0 Å². The highest BCUT2D eigenvalue weighted by molar-refractivity contribution is 8.00. The summed E-state index contributed by atoms with van der Waals surface area (Å²) in [5.74, 6) is 1.88. The zero-order valence-electron chi connectivity index (χ0n) is 11.5. The smallest absolute Gasteiger partial charge is 0.302 e. The Bertz CT molecular complexity index is 634. The van der Waals surface area contributed by atoms with Crippen LogP contribution in [0, 0.1) is 33.8 Å². The Morgan fingerprint density at radius 3 is 2.76 bits per heavy atom. The molecule has 0 heterocycles. The topological polar surface area (TPSA) is 69.4 Å². The first-order valence-corrected chi connectivity index (χ1v) is 8.03. The average molecular weight is 305 g/mol. The molecule has 0 saturated heterocycles. The van der Waals surface area contributed by atoms with Crippen LogP contribution in [-0.4, -0.2) is 22.2 Å². The number of rotatable bonds is 4. The molecule has 0 spiro atoms. The number of para-hydroxylation sites is 1. The molecule has 0 aromatic heterocycles. The van der Waals surface area contributed by atoms with Crippen LogP contribution in [0.4, 0.5) is 5.69 Å². The minimum absolute atomic E-state index is 0.0396. The summed E-state index contributed by atoms with van der Waals surface area (Å²) in [6.07, 6.45) is 1.14. The molecule has 4 aliphatic rings. The van der Waals surface area contributed by atoms with Gasteiger partial charge in [-0.15, -0.1) is 11.8 Å². The lowest BCUT2D eigenvalue weighted by Gasteiger charge is -2.19. The zero-order chi connectivity index (χ0) is 14.7. The van der Waals surface area contributed by atoms with Crippen LogP contribution >= 0.6 is 11.8 Å². The predicted octanol–water partition coefficient (Wildman–Crippen LogP) is 2.88. The lowest BCUT2D eigenvalue weighted by atomic mass is 10.1. The maximum atomic E-state index is 11.2. The quantitative estimate of drug-likeness (QED) is 0.486. The summed E-state index contributed by atoms with van der Waals surface area (Å²) in [4.78, 5) is 22.7. The minimum Gasteiger partial charge on any atom is -0.462 e. The molecule has 1 aromatic rings. The molecule has 4 bridgehead atoms. The molecule has 0 amide bonds. The summed E-state index contributed by atoms with van der Waals surface area (Å²) in [7, 11) is 0. The van der Waals surface area contributed by atoms with Crippen molar-refractivity contribution in [1.29, 1.82) is 0 Å². The van der Waals surface area contributed by atoms with Gasteiger partial charge in [-0.2, -0.15) is 0 Å². The Labute approximate surface area is 126 Å². The first-order chi connectivity index (χ1) is 10.1. The lowest BCUT2D eigenvalue weighted by molar-refractivity contribution is -0.387. The molecule has 6 unspecified atom stereocenters. The maximum absolute atomic E-state index is 11.2. The van der Waals surface area contributed by atoms with E-state index < -0.39 is 0 Å². The zero-order valence-corrected chi connectivity index (χ0v) is 12.3. The van der Waals surface area contributed by atoms with E-state index in [1.54, 1.807) is 23.9 Å². The Morgan fingerprint density at radius 2 is 2.10 bits per heavy atom. The van der Waals surface area contributed by atoms with Crippen molar-refractivity contribution >= 4 is 23.4 Å². The maximum Gasteiger partial charge on any atom is 0.302 e. The number of carbonyl (C=O) groups excluding carboxylic acids is 1. The van der Waals surface area contributed by atoms with E-state index in [-0.39, 0.29) is 22.7 Å². The fourth-order valence-corrected chi connectivity index (χ4v) is 6.08. The largest absolute Gasteiger partial charge is 0.462 e. The second-order valence-electron chi connectivity index (χ2n) is 6.10. The molecule has 4 fully saturated rings. The summed E-state index contributed by atoms with van der Waals surface area (Å²) >= 11 is 1.60. The molecule has 4 saturated carbocycles. The molecular weight excluding hydrogens is 290 g/mol. The number of thioether (sulfide) groups is 1. The van der Waals surface area contributed by atoms with Crippen LogP contribution in [0.3, 0.4) is 0 Å². The molecule has 4 aliphatic carbocycles. The fourth-order valence-electron chi connectivity index (χ4n) is 4.39. The standard InChI is InChI=1S/C15H15NO4S/c1-7(17)20-14-9-6-8-12(14)13(8)15(9)21-11-5-3-2-4-10(11)16(18)19/h2-5,8-9,12-15H,6H2,1H3. The van der Waals surface area contributed by atoms with Crippen molar-refractivity contribution < 1.29 is 14.5 Å².